The van der Waals surface area contributed by atoms with Gasteiger partial charge in [0.1, 0.15) is 28.9 Å². The third kappa shape index (κ3) is 9.57. The molecule has 2 amide bonds. The molecule has 1 saturated heterocycles. The van der Waals surface area contributed by atoms with Crippen LogP contribution in [0.25, 0.3) is 6.08 Å². The summed E-state index contributed by atoms with van der Waals surface area (Å²) in [4.78, 5) is 72.1. The van der Waals surface area contributed by atoms with Crippen molar-refractivity contribution in [1.29, 1.82) is 0 Å². The molecule has 3 aromatic carbocycles. The summed E-state index contributed by atoms with van der Waals surface area (Å²) in [5, 5.41) is 8.48. The van der Waals surface area contributed by atoms with Gasteiger partial charge >= 0.3 is 12.1 Å². The zero-order valence-corrected chi connectivity index (χ0v) is 36.8. The van der Waals surface area contributed by atoms with Crippen molar-refractivity contribution in [2.24, 2.45) is 5.16 Å². The van der Waals surface area contributed by atoms with Crippen LogP contribution in [0, 0.1) is 6.92 Å². The fourth-order valence-corrected chi connectivity index (χ4v) is 9.72. The average Bonchev–Trinajstić information content (AvgIpc) is 3.75. The van der Waals surface area contributed by atoms with Gasteiger partial charge in [-0.15, -0.1) is 23.1 Å². The summed E-state index contributed by atoms with van der Waals surface area (Å²) in [5.41, 5.74) is 8.94. The standard InChI is InChI=1S/C48H46N6O8S2/c1-30-23-24-32(27-50-30)25-26-33-28-63-44-40(43(56)54(44)41(33)45(57)59-31(2)60-47(58)61-37-21-13-6-14-22-37)52-42(55)39(38-29-64-46(49)51-38)53-62-48(34-15-7-3-8-16-34,35-17-9-4-10-18-35)36-19-11-5-12-20-36/h3-5,7-12,15-20,23-27,29,31,37,40,44H,6,13-14,21-22,28H2,1-2H3,(H2,49,51)(H,52,55)/b26-25-,53-39?/t31?,40-,44-/m1/s1. The lowest BCUT2D eigenvalue weighted by molar-refractivity contribution is -0.169. The zero-order chi connectivity index (χ0) is 44.6. The Balaban J connectivity index is 1.07. The molecule has 0 radical (unpaired) electrons. The Kier molecular flexibility index (Phi) is 13.5. The molecule has 64 heavy (non-hydrogen) atoms. The maximum absolute atomic E-state index is 14.5. The number of allylic oxidation sites excluding steroid dienone is 1. The molecule has 3 N–H and O–H groups in total. The maximum atomic E-state index is 14.5. The van der Waals surface area contributed by atoms with E-state index in [1.165, 1.54) is 23.6 Å². The van der Waals surface area contributed by atoms with Crippen LogP contribution in [0.2, 0.25) is 0 Å². The van der Waals surface area contributed by atoms with Gasteiger partial charge in [0.15, 0.2) is 10.8 Å². The van der Waals surface area contributed by atoms with Crippen molar-refractivity contribution in [2.75, 3.05) is 11.5 Å². The molecule has 2 fully saturated rings. The lowest BCUT2D eigenvalue weighted by atomic mass is 9.80. The summed E-state index contributed by atoms with van der Waals surface area (Å²) < 4.78 is 16.4. The third-order valence-electron chi connectivity index (χ3n) is 11.0. The number of nitrogens with two attached hydrogens (primary N) is 1. The molecule has 1 saturated carbocycles. The van der Waals surface area contributed by atoms with E-state index < -0.39 is 47.2 Å². The van der Waals surface area contributed by atoms with E-state index in [1.54, 1.807) is 23.7 Å². The largest absolute Gasteiger partial charge is 0.511 e. The third-order valence-corrected chi connectivity index (χ3v) is 13.0. The van der Waals surface area contributed by atoms with E-state index in [-0.39, 0.29) is 34.1 Å². The number of rotatable bonds is 14. The van der Waals surface area contributed by atoms with Crippen molar-refractivity contribution < 1.29 is 38.2 Å². The lowest BCUT2D eigenvalue weighted by Gasteiger charge is -2.49. The highest BCUT2D eigenvalue weighted by molar-refractivity contribution is 8.00. The van der Waals surface area contributed by atoms with E-state index in [4.69, 9.17) is 24.8 Å². The molecule has 328 valence electrons. The van der Waals surface area contributed by atoms with E-state index in [0.717, 1.165) is 71.4 Å². The molecular formula is C48H46N6O8S2. The number of nitrogens with zero attached hydrogens (tertiary/aromatic N) is 4. The van der Waals surface area contributed by atoms with E-state index >= 15 is 0 Å². The first kappa shape index (κ1) is 43.9. The van der Waals surface area contributed by atoms with Gasteiger partial charge in [0.25, 0.3) is 11.8 Å². The van der Waals surface area contributed by atoms with Crippen LogP contribution in [0.5, 0.6) is 0 Å². The first-order valence-electron chi connectivity index (χ1n) is 20.9. The predicted molar refractivity (Wildman–Crippen MR) is 243 cm³/mol. The second-order valence-electron chi connectivity index (χ2n) is 15.4. The highest BCUT2D eigenvalue weighted by atomic mass is 32.2. The number of anilines is 1. The molecule has 2 aliphatic heterocycles. The average molecular weight is 899 g/mol. The van der Waals surface area contributed by atoms with Crippen molar-refractivity contribution >= 4 is 64.0 Å². The molecule has 1 unspecified atom stereocenters. The first-order chi connectivity index (χ1) is 31.1. The number of benzene rings is 3. The number of β-lactam (4-membered cyclic amide) rings is 1. The smallest absolute Gasteiger partial charge is 0.431 e. The van der Waals surface area contributed by atoms with Crippen LogP contribution in [-0.2, 0) is 39.0 Å². The number of ether oxygens (including phenoxy) is 3. The number of thiazole rings is 1. The van der Waals surface area contributed by atoms with Gasteiger partial charge in [-0.3, -0.25) is 19.5 Å². The second-order valence-corrected chi connectivity index (χ2v) is 17.4. The zero-order valence-electron chi connectivity index (χ0n) is 35.1. The van der Waals surface area contributed by atoms with E-state index in [0.29, 0.717) is 5.57 Å². The Morgan fingerprint density at radius 1 is 0.891 bits per heavy atom. The maximum Gasteiger partial charge on any atom is 0.511 e. The number of hydrogen-bond donors (Lipinski definition) is 2. The van der Waals surface area contributed by atoms with Crippen LogP contribution in [0.15, 0.2) is 137 Å². The number of thioether (sulfide) groups is 1. The van der Waals surface area contributed by atoms with Crippen LogP contribution in [0.3, 0.4) is 0 Å². The monoisotopic (exact) mass is 898 g/mol. The van der Waals surface area contributed by atoms with Crippen LogP contribution in [-0.4, -0.2) is 74.1 Å². The minimum absolute atomic E-state index is 0.0467. The van der Waals surface area contributed by atoms with Crippen molar-refractivity contribution in [3.63, 3.8) is 0 Å². The van der Waals surface area contributed by atoms with Crippen LogP contribution < -0.4 is 11.1 Å². The quantitative estimate of drug-likeness (QED) is 0.0275. The molecule has 3 atom stereocenters. The summed E-state index contributed by atoms with van der Waals surface area (Å²) in [6, 6.07) is 31.3. The molecular weight excluding hydrogens is 853 g/mol. The molecule has 4 heterocycles. The molecule has 0 spiro atoms. The number of nitrogen functional groups attached to an aromatic ring is 1. The predicted octanol–water partition coefficient (Wildman–Crippen LogP) is 7.88. The minimum atomic E-state index is -1.33. The summed E-state index contributed by atoms with van der Waals surface area (Å²) in [7, 11) is 0. The molecule has 14 nitrogen and oxygen atoms in total. The Hall–Kier alpha value is -6.78. The number of aromatic nitrogens is 2. The van der Waals surface area contributed by atoms with Gasteiger partial charge in [0.2, 0.25) is 11.9 Å². The Morgan fingerprint density at radius 2 is 1.53 bits per heavy atom. The Morgan fingerprint density at radius 3 is 2.11 bits per heavy atom. The Labute approximate surface area is 378 Å². The van der Waals surface area contributed by atoms with Gasteiger partial charge in [-0.1, -0.05) is 121 Å². The summed E-state index contributed by atoms with van der Waals surface area (Å²) in [5.74, 6) is -1.96. The molecule has 1 aliphatic carbocycles. The number of carbonyl (C=O) groups is 4. The van der Waals surface area contributed by atoms with Gasteiger partial charge in [-0.2, -0.15) is 0 Å². The highest BCUT2D eigenvalue weighted by Gasteiger charge is 2.55. The lowest BCUT2D eigenvalue weighted by Crippen LogP contribution is -2.71. The van der Waals surface area contributed by atoms with E-state index in [2.05, 4.69) is 20.4 Å². The van der Waals surface area contributed by atoms with Gasteiger partial charge in [0.05, 0.1) is 0 Å². The normalized spacial score (nSPS) is 18.4. The summed E-state index contributed by atoms with van der Waals surface area (Å²) >= 11 is 2.47. The van der Waals surface area contributed by atoms with Crippen molar-refractivity contribution in [2.45, 2.75) is 75.4 Å². The SMILES string of the molecule is Cc1ccc(/C=C\C2=C(C(=O)OC(C)OC(=O)OC3CCCCC3)N3C(=O)[C@@H](NC(=O)C(=NOC(c4ccccc4)(c4ccccc4)c4ccccc4)c4csc(N)n4)[C@H]3SC2)cn1. The van der Waals surface area contributed by atoms with Crippen molar-refractivity contribution in [1.82, 2.24) is 20.2 Å². The number of fused-ring (bicyclic) bond motifs is 1. The minimum Gasteiger partial charge on any atom is -0.431 e. The van der Waals surface area contributed by atoms with Crippen LogP contribution in [0.1, 0.15) is 72.7 Å². The number of nitrogens with one attached hydrogen (secondary N) is 1. The molecule has 3 aliphatic rings. The van der Waals surface area contributed by atoms with Gasteiger partial charge in [-0.25, -0.2) is 14.6 Å². The molecule has 16 heteroatoms. The fourth-order valence-electron chi connectivity index (χ4n) is 7.85. The molecule has 5 aromatic rings. The highest BCUT2D eigenvalue weighted by Crippen LogP contribution is 2.43. The number of esters is 1. The van der Waals surface area contributed by atoms with Crippen LogP contribution in [0.4, 0.5) is 9.93 Å². The summed E-state index contributed by atoms with van der Waals surface area (Å²) in [6.07, 6.45) is 7.14. The first-order valence-corrected chi connectivity index (χ1v) is 22.9. The number of aryl methyl sites for hydroxylation is 1. The van der Waals surface area contributed by atoms with Gasteiger partial charge in [0, 0.05) is 46.6 Å². The topological polar surface area (TPSA) is 185 Å². The van der Waals surface area contributed by atoms with Gasteiger partial charge in [-0.05, 0) is 49.8 Å². The number of pyridine rings is 1. The number of carbonyl (C=O) groups excluding carboxylic acids is 4. The number of hydrogen-bond acceptors (Lipinski definition) is 14. The van der Waals surface area contributed by atoms with E-state index in [9.17, 15) is 19.2 Å². The molecule has 0 bridgehead atoms. The molecule has 8 rings (SSSR count). The van der Waals surface area contributed by atoms with E-state index in [1.807, 2.05) is 110 Å². The number of amides is 2. The van der Waals surface area contributed by atoms with Crippen molar-refractivity contribution in [3.05, 3.63) is 166 Å². The fraction of sp³-hybridized carbons (Fsp3) is 0.271. The van der Waals surface area contributed by atoms with Gasteiger partial charge < -0.3 is 30.1 Å². The van der Waals surface area contributed by atoms with Crippen LogP contribution >= 0.6 is 23.1 Å². The number of oxime groups is 1. The van der Waals surface area contributed by atoms with Crippen molar-refractivity contribution in [3.8, 4) is 0 Å². The second kappa shape index (κ2) is 19.7. The molecule has 2 aromatic heterocycles. The summed E-state index contributed by atoms with van der Waals surface area (Å²) in [6.45, 7) is 3.28. The Bertz CT molecular complexity index is 2470.